The molecule has 2 aromatic carbocycles. The summed E-state index contributed by atoms with van der Waals surface area (Å²) >= 11 is 0. The van der Waals surface area contributed by atoms with Gasteiger partial charge in [-0.3, -0.25) is 14.4 Å². The quantitative estimate of drug-likeness (QED) is 0.0650. The number of rotatable bonds is 17. The summed E-state index contributed by atoms with van der Waals surface area (Å²) in [5.74, 6) is -5.20. The van der Waals surface area contributed by atoms with Crippen LogP contribution in [-0.2, 0) is 51.4 Å². The zero-order valence-electron chi connectivity index (χ0n) is 34.4. The molecule has 0 fully saturated rings. The molecule has 0 radical (unpaired) electrons. The number of benzene rings is 2. The average molecular weight is 910 g/mol. The van der Waals surface area contributed by atoms with Gasteiger partial charge in [-0.2, -0.15) is 14.3 Å². The normalized spacial score (nSPS) is 9.58. The largest absolute Gasteiger partial charge is 0.479 e. The van der Waals surface area contributed by atoms with E-state index in [9.17, 15) is 38.4 Å². The Hall–Kier alpha value is -9.18. The van der Waals surface area contributed by atoms with Crippen molar-refractivity contribution in [3.05, 3.63) is 157 Å². The van der Waals surface area contributed by atoms with Crippen molar-refractivity contribution in [2.24, 2.45) is 0 Å². The van der Waals surface area contributed by atoms with E-state index < -0.39 is 66.3 Å². The molecule has 0 aliphatic heterocycles. The lowest BCUT2D eigenvalue weighted by Gasteiger charge is -2.14. The number of carboxylic acid groups (broad SMARTS) is 2. The van der Waals surface area contributed by atoms with Crippen molar-refractivity contribution < 1.29 is 87.1 Å². The summed E-state index contributed by atoms with van der Waals surface area (Å²) in [5, 5.41) is 25.7. The summed E-state index contributed by atoms with van der Waals surface area (Å²) in [6.45, 7) is -1.68. The first kappa shape index (κ1) is 52.0. The van der Waals surface area contributed by atoms with Gasteiger partial charge in [0.25, 0.3) is 0 Å². The molecule has 5 rings (SSSR count). The van der Waals surface area contributed by atoms with Crippen LogP contribution in [0.1, 0.15) is 32.1 Å². The average Bonchev–Trinajstić information content (AvgIpc) is 3.30. The van der Waals surface area contributed by atoms with E-state index in [2.05, 4.69) is 18.9 Å². The molecule has 65 heavy (non-hydrogen) atoms. The lowest BCUT2D eigenvalue weighted by Crippen LogP contribution is -2.33. The molecule has 0 amide bonds. The van der Waals surface area contributed by atoms with Gasteiger partial charge in [0.1, 0.15) is 13.2 Å². The first-order chi connectivity index (χ1) is 31.1. The third-order valence-corrected chi connectivity index (χ3v) is 7.38. The lowest BCUT2D eigenvalue weighted by molar-refractivity contribution is -0.191. The number of ether oxygens (including phenoxy) is 6. The zero-order chi connectivity index (χ0) is 48.3. The number of carboxylic acids is 2. The Kier molecular flexibility index (Phi) is 22.1. The maximum absolute atomic E-state index is 12.5. The number of hydrogen-bond donors (Lipinski definition) is 3. The summed E-state index contributed by atoms with van der Waals surface area (Å²) in [6, 6.07) is 25.8. The minimum absolute atomic E-state index is 0.0210. The molecule has 0 bridgehead atoms. The molecule has 0 saturated carbocycles. The van der Waals surface area contributed by atoms with Gasteiger partial charge in [-0.15, -0.1) is 9.46 Å². The minimum atomic E-state index is -1.23. The molecule has 5 aromatic rings. The topological polar surface area (TPSA) is 320 Å². The van der Waals surface area contributed by atoms with Crippen LogP contribution in [0.4, 0.5) is 0 Å². The van der Waals surface area contributed by atoms with Gasteiger partial charge in [-0.1, -0.05) is 60.7 Å². The van der Waals surface area contributed by atoms with E-state index >= 15 is 0 Å². The maximum Gasteiger partial charge on any atom is 0.373 e. The molecule has 24 heteroatoms. The standard InChI is InChI=1S/C17H17NO7.C16H15NO7.C7H7NO5.CO2/c1-22-15(19)11-24-14-9-8-13(17(21)23-2)18(16(14)20)25-10-12-6-4-3-5-7-12;1-22-16(21)12-7-8-13(23-10-14(18)19)15(20)17(12)24-9-11-5-3-2-4-6-11;9-6(10)4-13-5-2-1-3-8(12)7(5)11;2-1-3/h3-9H,10-11H2,1-2H3;2-8H,9-10H2,1H3,(H,18,19);1-3,12H,4H2,(H,9,10);. The van der Waals surface area contributed by atoms with Gasteiger partial charge in [0.05, 0.1) is 21.3 Å². The Labute approximate surface area is 365 Å². The highest BCUT2D eigenvalue weighted by Gasteiger charge is 2.20. The number of hydrogen-bond acceptors (Lipinski definition) is 19. The van der Waals surface area contributed by atoms with Gasteiger partial charge >= 0.3 is 52.7 Å². The molecule has 3 aromatic heterocycles. The van der Waals surface area contributed by atoms with Crippen molar-refractivity contribution >= 4 is 36.0 Å². The molecule has 24 nitrogen and oxygen atoms in total. The molecule has 344 valence electrons. The van der Waals surface area contributed by atoms with E-state index in [4.69, 9.17) is 44.2 Å². The van der Waals surface area contributed by atoms with Crippen LogP contribution in [0, 0.1) is 0 Å². The third kappa shape index (κ3) is 17.4. The fourth-order valence-corrected chi connectivity index (χ4v) is 4.47. The van der Waals surface area contributed by atoms with Crippen molar-refractivity contribution in [3.63, 3.8) is 0 Å². The second-order valence-corrected chi connectivity index (χ2v) is 11.7. The molecular formula is C41H39N3O21. The fraction of sp³-hybridized carbons (Fsp3) is 0.195. The van der Waals surface area contributed by atoms with E-state index in [-0.39, 0.29) is 48.0 Å². The lowest BCUT2D eigenvalue weighted by atomic mass is 10.2. The van der Waals surface area contributed by atoms with Crippen LogP contribution in [0.3, 0.4) is 0 Å². The van der Waals surface area contributed by atoms with Crippen LogP contribution >= 0.6 is 0 Å². The van der Waals surface area contributed by atoms with Gasteiger partial charge in [0.2, 0.25) is 0 Å². The van der Waals surface area contributed by atoms with Crippen molar-refractivity contribution in [3.8, 4) is 17.2 Å². The van der Waals surface area contributed by atoms with E-state index in [0.717, 1.165) is 26.8 Å². The van der Waals surface area contributed by atoms with Gasteiger partial charge in [0.15, 0.2) is 48.5 Å². The van der Waals surface area contributed by atoms with Crippen LogP contribution in [0.25, 0.3) is 0 Å². The van der Waals surface area contributed by atoms with E-state index in [0.29, 0.717) is 4.73 Å². The van der Waals surface area contributed by atoms with Gasteiger partial charge in [-0.25, -0.2) is 24.0 Å². The summed E-state index contributed by atoms with van der Waals surface area (Å²) in [5.41, 5.74) is -0.986. The highest BCUT2D eigenvalue weighted by atomic mass is 16.7. The Balaban J connectivity index is 0.000000339. The highest BCUT2D eigenvalue weighted by molar-refractivity contribution is 5.88. The van der Waals surface area contributed by atoms with Crippen molar-refractivity contribution in [2.75, 3.05) is 41.2 Å². The number of aromatic nitrogens is 3. The zero-order valence-corrected chi connectivity index (χ0v) is 34.4. The number of pyridine rings is 3. The Morgan fingerprint density at radius 2 is 0.908 bits per heavy atom. The van der Waals surface area contributed by atoms with Gasteiger partial charge < -0.3 is 53.5 Å². The highest BCUT2D eigenvalue weighted by Crippen LogP contribution is 2.10. The predicted molar refractivity (Wildman–Crippen MR) is 214 cm³/mol. The van der Waals surface area contributed by atoms with Crippen LogP contribution in [0.2, 0.25) is 0 Å². The molecule has 0 aliphatic rings. The van der Waals surface area contributed by atoms with Crippen molar-refractivity contribution in [2.45, 2.75) is 13.2 Å². The molecule has 3 heterocycles. The van der Waals surface area contributed by atoms with Gasteiger partial charge in [0, 0.05) is 6.20 Å². The van der Waals surface area contributed by atoms with Crippen LogP contribution in [-0.4, -0.2) is 107 Å². The summed E-state index contributed by atoms with van der Waals surface area (Å²) in [6.07, 6.45) is 1.37. The fourth-order valence-electron chi connectivity index (χ4n) is 4.47. The summed E-state index contributed by atoms with van der Waals surface area (Å²) in [4.78, 5) is 118. The van der Waals surface area contributed by atoms with Gasteiger partial charge in [-0.05, 0) is 47.5 Å². The SMILES string of the molecule is COC(=O)COc1ccc(C(=O)OC)n(OCc2ccccc2)c1=O.COC(=O)c1ccc(OCC(=O)O)c(=O)n1OCc1ccccc1.O=C(O)COc1cccn(O)c1=O.O=C=O. The number of nitrogens with zero attached hydrogens (tertiary/aromatic N) is 3. The second-order valence-electron chi connectivity index (χ2n) is 11.7. The maximum atomic E-state index is 12.5. The third-order valence-electron chi connectivity index (χ3n) is 7.38. The first-order valence-electron chi connectivity index (χ1n) is 17.9. The van der Waals surface area contributed by atoms with Crippen LogP contribution in [0.5, 0.6) is 17.2 Å². The summed E-state index contributed by atoms with van der Waals surface area (Å²) < 4.78 is 30.1. The molecule has 0 atom stereocenters. The van der Waals surface area contributed by atoms with E-state index in [1.54, 1.807) is 36.4 Å². The minimum Gasteiger partial charge on any atom is -0.479 e. The smallest absolute Gasteiger partial charge is 0.373 e. The first-order valence-corrected chi connectivity index (χ1v) is 17.9. The van der Waals surface area contributed by atoms with Crippen LogP contribution in [0.15, 0.2) is 118 Å². The van der Waals surface area contributed by atoms with Crippen molar-refractivity contribution in [1.29, 1.82) is 0 Å². The molecule has 0 saturated heterocycles. The summed E-state index contributed by atoms with van der Waals surface area (Å²) in [7, 11) is 3.56. The number of carbonyl (C=O) groups excluding carboxylic acids is 5. The molecule has 0 unspecified atom stereocenters. The number of esters is 3. The molecule has 0 spiro atoms. The van der Waals surface area contributed by atoms with Crippen molar-refractivity contribution in [1.82, 2.24) is 14.2 Å². The molecule has 0 aliphatic carbocycles. The molecular weight excluding hydrogens is 870 g/mol. The Morgan fingerprint density at radius 3 is 1.28 bits per heavy atom. The van der Waals surface area contributed by atoms with E-state index in [1.807, 2.05) is 24.3 Å². The second kappa shape index (κ2) is 27.6. The van der Waals surface area contributed by atoms with E-state index in [1.165, 1.54) is 57.7 Å². The Morgan fingerprint density at radius 1 is 0.523 bits per heavy atom. The monoisotopic (exact) mass is 909 g/mol. The van der Waals surface area contributed by atoms with Crippen LogP contribution < -0.4 is 40.6 Å². The Bertz CT molecular complexity index is 2580. The molecule has 3 N–H and O–H groups in total. The number of aliphatic carboxylic acids is 2. The number of carbonyl (C=O) groups is 5. The predicted octanol–water partition coefficient (Wildman–Crippen LogP) is 0.508. The number of methoxy groups -OCH3 is 3.